The predicted molar refractivity (Wildman–Crippen MR) is 102 cm³/mol. The van der Waals surface area contributed by atoms with Crippen molar-refractivity contribution in [1.29, 1.82) is 10.7 Å². The molecular weight excluding hydrogens is 374 g/mol. The van der Waals surface area contributed by atoms with E-state index in [0.717, 1.165) is 16.8 Å². The summed E-state index contributed by atoms with van der Waals surface area (Å²) in [6.07, 6.45) is 0.250. The number of morpholine rings is 1. The number of aromatic nitrogens is 2. The van der Waals surface area contributed by atoms with Crippen molar-refractivity contribution in [2.24, 2.45) is 5.92 Å². The zero-order chi connectivity index (χ0) is 20.4. The lowest BCUT2D eigenvalue weighted by Gasteiger charge is -2.28. The second kappa shape index (κ2) is 7.93. The highest BCUT2D eigenvalue weighted by molar-refractivity contribution is 5.84. The van der Waals surface area contributed by atoms with Crippen molar-refractivity contribution in [1.82, 2.24) is 15.1 Å². The molecule has 150 valence electrons. The van der Waals surface area contributed by atoms with Gasteiger partial charge in [-0.2, -0.15) is 5.26 Å². The van der Waals surface area contributed by atoms with E-state index in [9.17, 15) is 10.1 Å². The summed E-state index contributed by atoms with van der Waals surface area (Å²) < 4.78 is 16.3. The van der Waals surface area contributed by atoms with E-state index in [1.54, 1.807) is 23.1 Å². The van der Waals surface area contributed by atoms with Gasteiger partial charge in [-0.1, -0.05) is 19.1 Å². The minimum Gasteiger partial charge on any atom is -0.422 e. The zero-order valence-corrected chi connectivity index (χ0v) is 16.0. The maximum Gasteiger partial charge on any atom is 0.415 e. The van der Waals surface area contributed by atoms with Crippen LogP contribution in [0.25, 0.3) is 0 Å². The number of ether oxygens (including phenoxy) is 3. The summed E-state index contributed by atoms with van der Waals surface area (Å²) in [5, 5.41) is 24.9. The molecule has 0 aliphatic carbocycles. The van der Waals surface area contributed by atoms with E-state index in [4.69, 9.17) is 19.6 Å². The second-order valence-corrected chi connectivity index (χ2v) is 6.87. The largest absolute Gasteiger partial charge is 0.422 e. The van der Waals surface area contributed by atoms with Crippen LogP contribution in [0.4, 0.5) is 4.79 Å². The summed E-state index contributed by atoms with van der Waals surface area (Å²) in [6.45, 7) is 3.94. The number of fused-ring (bicyclic) bond motifs is 1. The molecule has 1 aromatic heterocycles. The Kier molecular flexibility index (Phi) is 5.18. The molecule has 1 saturated heterocycles. The summed E-state index contributed by atoms with van der Waals surface area (Å²) in [6, 6.07) is 9.24. The first-order valence-electron chi connectivity index (χ1n) is 9.49. The van der Waals surface area contributed by atoms with Gasteiger partial charge in [0.1, 0.15) is 11.7 Å². The summed E-state index contributed by atoms with van der Waals surface area (Å²) in [7, 11) is 0. The molecule has 2 N–H and O–H groups in total. The molecule has 4 rings (SSSR count). The molecule has 0 bridgehead atoms. The maximum absolute atomic E-state index is 12.4. The Morgan fingerprint density at radius 1 is 1.45 bits per heavy atom. The molecule has 2 atom stereocenters. The van der Waals surface area contributed by atoms with Crippen molar-refractivity contribution < 1.29 is 19.0 Å². The van der Waals surface area contributed by atoms with E-state index in [-0.39, 0.29) is 5.90 Å². The topological polar surface area (TPSA) is 124 Å². The number of nitrogens with zero attached hydrogens (tertiary/aromatic N) is 3. The summed E-state index contributed by atoms with van der Waals surface area (Å²) in [5.41, 5.74) is 2.38. The van der Waals surface area contributed by atoms with Gasteiger partial charge in [-0.25, -0.2) is 4.79 Å². The van der Waals surface area contributed by atoms with E-state index in [2.05, 4.69) is 16.3 Å². The molecule has 0 spiro atoms. The number of aryl methyl sites for hydroxylation is 1. The monoisotopic (exact) mass is 395 g/mol. The van der Waals surface area contributed by atoms with Crippen LogP contribution in [0.1, 0.15) is 29.7 Å². The standard InChI is InChI=1S/C20H21N5O4/c1-2-15-17-16(14(11-21)18(22)29-19(17)24-23-15)12-4-3-5-13(10-12)28-20(26)25-6-8-27-9-7-25/h3-5,10,14,16,22H,2,6-9H2,1H3,(H,23,24). The van der Waals surface area contributed by atoms with E-state index < -0.39 is 17.9 Å². The lowest BCUT2D eigenvalue weighted by Crippen LogP contribution is -2.42. The molecule has 0 radical (unpaired) electrons. The first kappa shape index (κ1) is 19.0. The Hall–Kier alpha value is -3.38. The lowest BCUT2D eigenvalue weighted by atomic mass is 9.79. The van der Waals surface area contributed by atoms with Crippen LogP contribution < -0.4 is 9.47 Å². The molecule has 29 heavy (non-hydrogen) atoms. The first-order valence-corrected chi connectivity index (χ1v) is 9.49. The first-order chi connectivity index (χ1) is 14.1. The fourth-order valence-corrected chi connectivity index (χ4v) is 3.70. The van der Waals surface area contributed by atoms with Crippen LogP contribution in [0, 0.1) is 22.7 Å². The zero-order valence-electron chi connectivity index (χ0n) is 16.0. The molecule has 9 nitrogen and oxygen atoms in total. The van der Waals surface area contributed by atoms with E-state index in [0.29, 0.717) is 44.4 Å². The van der Waals surface area contributed by atoms with Gasteiger partial charge in [-0.3, -0.25) is 10.5 Å². The van der Waals surface area contributed by atoms with Crippen LogP contribution in [0.3, 0.4) is 0 Å². The van der Waals surface area contributed by atoms with Gasteiger partial charge in [0.05, 0.1) is 19.3 Å². The number of carbonyl (C=O) groups excluding carboxylic acids is 1. The fraction of sp³-hybridized carbons (Fsp3) is 0.400. The van der Waals surface area contributed by atoms with Crippen molar-refractivity contribution in [3.63, 3.8) is 0 Å². The quantitative estimate of drug-likeness (QED) is 0.822. The van der Waals surface area contributed by atoms with Gasteiger partial charge in [0.15, 0.2) is 0 Å². The van der Waals surface area contributed by atoms with Crippen molar-refractivity contribution in [2.45, 2.75) is 19.3 Å². The van der Waals surface area contributed by atoms with Crippen molar-refractivity contribution >= 4 is 12.0 Å². The molecule has 2 aromatic rings. The summed E-state index contributed by atoms with van der Waals surface area (Å²) >= 11 is 0. The van der Waals surface area contributed by atoms with Crippen LogP contribution in [0.2, 0.25) is 0 Å². The van der Waals surface area contributed by atoms with Crippen molar-refractivity contribution in [3.05, 3.63) is 41.1 Å². The number of carbonyl (C=O) groups is 1. The lowest BCUT2D eigenvalue weighted by molar-refractivity contribution is 0.0416. The predicted octanol–water partition coefficient (Wildman–Crippen LogP) is 2.44. The van der Waals surface area contributed by atoms with Crippen molar-refractivity contribution in [2.75, 3.05) is 26.3 Å². The third kappa shape index (κ3) is 3.54. The summed E-state index contributed by atoms with van der Waals surface area (Å²) in [4.78, 5) is 14.0. The molecule has 2 aliphatic heterocycles. The Bertz CT molecular complexity index is 973. The van der Waals surface area contributed by atoms with Gasteiger partial charge in [-0.15, -0.1) is 5.10 Å². The van der Waals surface area contributed by atoms with E-state index >= 15 is 0 Å². The van der Waals surface area contributed by atoms with Gasteiger partial charge >= 0.3 is 6.09 Å². The van der Waals surface area contributed by atoms with Crippen molar-refractivity contribution in [3.8, 4) is 17.7 Å². The molecule has 2 aliphatic rings. The average molecular weight is 395 g/mol. The van der Waals surface area contributed by atoms with Crippen LogP contribution in [-0.2, 0) is 11.2 Å². The minimum atomic E-state index is -0.796. The number of rotatable bonds is 3. The van der Waals surface area contributed by atoms with Gasteiger partial charge in [-0.05, 0) is 24.1 Å². The molecule has 0 saturated carbocycles. The number of amides is 1. The Morgan fingerprint density at radius 3 is 2.97 bits per heavy atom. The highest BCUT2D eigenvalue weighted by atomic mass is 16.6. The van der Waals surface area contributed by atoms with Crippen LogP contribution in [0.15, 0.2) is 24.3 Å². The van der Waals surface area contributed by atoms with E-state index in [1.165, 1.54) is 0 Å². The Morgan fingerprint density at radius 2 is 2.24 bits per heavy atom. The van der Waals surface area contributed by atoms with E-state index in [1.807, 2.05) is 13.0 Å². The van der Waals surface area contributed by atoms with Crippen LogP contribution in [0.5, 0.6) is 11.6 Å². The maximum atomic E-state index is 12.4. The second-order valence-electron chi connectivity index (χ2n) is 6.87. The number of H-pyrrole nitrogens is 1. The number of nitriles is 1. The molecular formula is C20H21N5O4. The molecule has 1 fully saturated rings. The number of hydrogen-bond donors (Lipinski definition) is 2. The highest BCUT2D eigenvalue weighted by Crippen LogP contribution is 2.43. The third-order valence-electron chi connectivity index (χ3n) is 5.17. The molecule has 9 heteroatoms. The van der Waals surface area contributed by atoms with Gasteiger partial charge in [0.25, 0.3) is 0 Å². The molecule has 1 aromatic carbocycles. The third-order valence-corrected chi connectivity index (χ3v) is 5.17. The number of nitrogens with one attached hydrogen (secondary N) is 2. The average Bonchev–Trinajstić information content (AvgIpc) is 3.15. The smallest absolute Gasteiger partial charge is 0.415 e. The number of hydrogen-bond acceptors (Lipinski definition) is 7. The number of aromatic amines is 1. The Labute approximate surface area is 167 Å². The Balaban J connectivity index is 1.66. The number of benzene rings is 1. The highest BCUT2D eigenvalue weighted by Gasteiger charge is 2.40. The van der Waals surface area contributed by atoms with Crippen LogP contribution in [-0.4, -0.2) is 53.4 Å². The minimum absolute atomic E-state index is 0.144. The van der Waals surface area contributed by atoms with Gasteiger partial charge < -0.3 is 19.1 Å². The normalized spacial score (nSPS) is 21.1. The van der Waals surface area contributed by atoms with Gasteiger partial charge in [0, 0.05) is 30.3 Å². The summed E-state index contributed by atoms with van der Waals surface area (Å²) in [5.74, 6) is -0.673. The SMILES string of the molecule is CCc1[nH]nc2c1C(c1cccc(OC(=O)N3CCOCC3)c1)C(C#N)C(=N)O2. The van der Waals surface area contributed by atoms with Crippen LogP contribution >= 0.6 is 0 Å². The molecule has 2 unspecified atom stereocenters. The fourth-order valence-electron chi connectivity index (χ4n) is 3.70. The molecule has 1 amide bonds. The van der Waals surface area contributed by atoms with Gasteiger partial charge in [0.2, 0.25) is 11.8 Å². The molecule has 3 heterocycles.